The molecule has 1 N–H and O–H groups in total. The van der Waals surface area contributed by atoms with Crippen LogP contribution in [0.2, 0.25) is 0 Å². The van der Waals surface area contributed by atoms with Crippen LogP contribution in [0.15, 0.2) is 34.5 Å². The predicted octanol–water partition coefficient (Wildman–Crippen LogP) is 2.44. The molecule has 0 unspecified atom stereocenters. The first-order chi connectivity index (χ1) is 10.4. The molecule has 2 heterocycles. The third kappa shape index (κ3) is 2.45. The van der Waals surface area contributed by atoms with Gasteiger partial charge in [0, 0.05) is 0 Å². The fourth-order valence-corrected chi connectivity index (χ4v) is 4.99. The van der Waals surface area contributed by atoms with Gasteiger partial charge in [0.15, 0.2) is 9.84 Å². The van der Waals surface area contributed by atoms with Gasteiger partial charge in [-0.2, -0.15) is 0 Å². The Balaban J connectivity index is 2.27. The number of hydrogen-bond acceptors (Lipinski definition) is 5. The second kappa shape index (κ2) is 5.49. The van der Waals surface area contributed by atoms with Crippen LogP contribution < -0.4 is 5.32 Å². The third-order valence-electron chi connectivity index (χ3n) is 3.28. The van der Waals surface area contributed by atoms with Crippen molar-refractivity contribution in [1.82, 2.24) is 0 Å². The molecule has 0 fully saturated rings. The highest BCUT2D eigenvalue weighted by atomic mass is 35.5. The predicted molar refractivity (Wildman–Crippen MR) is 84.4 cm³/mol. The van der Waals surface area contributed by atoms with Gasteiger partial charge in [-0.05, 0) is 29.1 Å². The van der Waals surface area contributed by atoms with E-state index in [1.54, 1.807) is 11.4 Å². The Hall–Kier alpha value is -1.70. The molecular weight excluding hydrogens is 346 g/mol. The summed E-state index contributed by atoms with van der Waals surface area (Å²) in [6.07, 6.45) is 0. The molecule has 0 aliphatic carbocycles. The Bertz CT molecular complexity index is 886. The van der Waals surface area contributed by atoms with Crippen molar-refractivity contribution in [2.24, 2.45) is 0 Å². The van der Waals surface area contributed by atoms with E-state index in [1.165, 1.54) is 29.5 Å². The van der Waals surface area contributed by atoms with Crippen LogP contribution in [0.5, 0.6) is 0 Å². The van der Waals surface area contributed by atoms with Gasteiger partial charge in [-0.3, -0.25) is 9.59 Å². The van der Waals surface area contributed by atoms with Crippen LogP contribution in [-0.4, -0.2) is 26.0 Å². The maximum absolute atomic E-state index is 12.7. The van der Waals surface area contributed by atoms with E-state index in [0.29, 0.717) is 10.4 Å². The van der Waals surface area contributed by atoms with E-state index >= 15 is 0 Å². The van der Waals surface area contributed by atoms with Crippen molar-refractivity contribution in [2.75, 3.05) is 11.2 Å². The minimum absolute atomic E-state index is 0.00201. The summed E-state index contributed by atoms with van der Waals surface area (Å²) in [5.74, 6) is -1.41. The van der Waals surface area contributed by atoms with Crippen molar-refractivity contribution in [3.63, 3.8) is 0 Å². The summed E-state index contributed by atoms with van der Waals surface area (Å²) < 4.78 is 25.0. The number of rotatable bonds is 2. The number of ketones is 1. The normalized spacial score (nSPS) is 15.6. The number of nitrogens with one attached hydrogen (secondary N) is 1. The Morgan fingerprint density at radius 1 is 1.32 bits per heavy atom. The second-order valence-electron chi connectivity index (χ2n) is 4.72. The van der Waals surface area contributed by atoms with E-state index in [9.17, 15) is 18.0 Å². The Kier molecular flexibility index (Phi) is 3.80. The molecule has 0 radical (unpaired) electrons. The van der Waals surface area contributed by atoms with Crippen LogP contribution in [0.4, 0.5) is 5.69 Å². The van der Waals surface area contributed by atoms with Gasteiger partial charge in [-0.1, -0.05) is 6.07 Å². The van der Waals surface area contributed by atoms with E-state index in [1.807, 2.05) is 0 Å². The topological polar surface area (TPSA) is 80.3 Å². The molecule has 0 spiro atoms. The number of benzene rings is 1. The van der Waals surface area contributed by atoms with Crippen molar-refractivity contribution >= 4 is 50.2 Å². The summed E-state index contributed by atoms with van der Waals surface area (Å²) in [6, 6.07) is 6.01. The standard InChI is InChI=1S/C14H10ClNO4S2/c15-6-11(17)16-9-2-1-3-10-12(9)13(18)14-8(4-5-21-14)7-22(10,19)20/h1-5H,6-7H2,(H,16,17). The fraction of sp³-hybridized carbons (Fsp3) is 0.143. The van der Waals surface area contributed by atoms with Gasteiger partial charge >= 0.3 is 0 Å². The van der Waals surface area contributed by atoms with E-state index in [-0.39, 0.29) is 27.8 Å². The number of halogens is 1. The van der Waals surface area contributed by atoms with E-state index in [4.69, 9.17) is 11.6 Å². The molecular formula is C14H10ClNO4S2. The first-order valence-electron chi connectivity index (χ1n) is 6.26. The lowest BCUT2D eigenvalue weighted by Gasteiger charge is -2.11. The monoisotopic (exact) mass is 355 g/mol. The molecule has 5 nitrogen and oxygen atoms in total. The molecule has 1 aliphatic rings. The van der Waals surface area contributed by atoms with Crippen LogP contribution in [0.25, 0.3) is 0 Å². The number of alkyl halides is 1. The summed E-state index contributed by atoms with van der Waals surface area (Å²) in [6.45, 7) is 0. The first-order valence-corrected chi connectivity index (χ1v) is 9.33. The quantitative estimate of drug-likeness (QED) is 0.839. The molecule has 0 atom stereocenters. The molecule has 22 heavy (non-hydrogen) atoms. The molecule has 1 aliphatic heterocycles. The Morgan fingerprint density at radius 2 is 2.09 bits per heavy atom. The molecule has 1 aromatic heterocycles. The zero-order valence-corrected chi connectivity index (χ0v) is 13.5. The van der Waals surface area contributed by atoms with Gasteiger partial charge in [-0.25, -0.2) is 8.42 Å². The molecule has 0 saturated carbocycles. The number of thiophene rings is 1. The molecule has 1 amide bonds. The number of sulfone groups is 1. The molecule has 8 heteroatoms. The molecule has 1 aromatic carbocycles. The lowest BCUT2D eigenvalue weighted by Crippen LogP contribution is -2.17. The number of carbonyl (C=O) groups is 2. The summed E-state index contributed by atoms with van der Waals surface area (Å²) in [4.78, 5) is 24.6. The molecule has 114 valence electrons. The van der Waals surface area contributed by atoms with Gasteiger partial charge in [0.25, 0.3) is 0 Å². The van der Waals surface area contributed by atoms with Gasteiger partial charge in [0.05, 0.1) is 26.8 Å². The van der Waals surface area contributed by atoms with Gasteiger partial charge < -0.3 is 5.32 Å². The van der Waals surface area contributed by atoms with Crippen LogP contribution >= 0.6 is 22.9 Å². The lowest BCUT2D eigenvalue weighted by atomic mass is 10.1. The van der Waals surface area contributed by atoms with Crippen molar-refractivity contribution < 1.29 is 18.0 Å². The SMILES string of the molecule is O=C(CCl)Nc1cccc2c1C(=O)c1sccc1CS2(=O)=O. The maximum atomic E-state index is 12.7. The number of amides is 1. The maximum Gasteiger partial charge on any atom is 0.239 e. The zero-order valence-electron chi connectivity index (χ0n) is 11.1. The highest BCUT2D eigenvalue weighted by molar-refractivity contribution is 7.90. The number of hydrogen-bond donors (Lipinski definition) is 1. The summed E-state index contributed by atoms with van der Waals surface area (Å²) >= 11 is 6.65. The number of anilines is 1. The van der Waals surface area contributed by atoms with Crippen molar-refractivity contribution in [2.45, 2.75) is 10.6 Å². The van der Waals surface area contributed by atoms with Crippen molar-refractivity contribution in [3.05, 3.63) is 45.6 Å². The number of carbonyl (C=O) groups excluding carboxylic acids is 2. The van der Waals surface area contributed by atoms with E-state index in [2.05, 4.69) is 5.32 Å². The van der Waals surface area contributed by atoms with Crippen LogP contribution in [0.3, 0.4) is 0 Å². The summed E-state index contributed by atoms with van der Waals surface area (Å²) in [5, 5.41) is 4.17. The van der Waals surface area contributed by atoms with Crippen molar-refractivity contribution in [3.8, 4) is 0 Å². The average molecular weight is 356 g/mol. The van der Waals surface area contributed by atoms with Crippen LogP contribution in [0, 0.1) is 0 Å². The van der Waals surface area contributed by atoms with Crippen LogP contribution in [0.1, 0.15) is 20.8 Å². The highest BCUT2D eigenvalue weighted by Crippen LogP contribution is 2.35. The lowest BCUT2D eigenvalue weighted by molar-refractivity contribution is -0.113. The summed E-state index contributed by atoms with van der Waals surface area (Å²) in [7, 11) is -3.66. The van der Waals surface area contributed by atoms with Crippen LogP contribution in [-0.2, 0) is 20.4 Å². The second-order valence-corrected chi connectivity index (χ2v) is 7.87. The molecule has 2 aromatic rings. The first kappa shape index (κ1) is 15.2. The third-order valence-corrected chi connectivity index (χ3v) is 6.18. The van der Waals surface area contributed by atoms with E-state index < -0.39 is 21.5 Å². The van der Waals surface area contributed by atoms with Gasteiger partial charge in [-0.15, -0.1) is 22.9 Å². The Labute approximate surface area is 135 Å². The van der Waals surface area contributed by atoms with E-state index in [0.717, 1.165) is 0 Å². The highest BCUT2D eigenvalue weighted by Gasteiger charge is 2.33. The fourth-order valence-electron chi connectivity index (χ4n) is 2.36. The largest absolute Gasteiger partial charge is 0.324 e. The minimum Gasteiger partial charge on any atom is -0.324 e. The number of fused-ring (bicyclic) bond motifs is 2. The minimum atomic E-state index is -3.66. The average Bonchev–Trinajstić information content (AvgIpc) is 2.90. The molecule has 0 bridgehead atoms. The molecule has 3 rings (SSSR count). The zero-order chi connectivity index (χ0) is 15.9. The smallest absolute Gasteiger partial charge is 0.239 e. The van der Waals surface area contributed by atoms with Gasteiger partial charge in [0.1, 0.15) is 5.88 Å². The Morgan fingerprint density at radius 3 is 2.82 bits per heavy atom. The summed E-state index contributed by atoms with van der Waals surface area (Å²) in [5.41, 5.74) is 0.654. The van der Waals surface area contributed by atoms with Crippen molar-refractivity contribution in [1.29, 1.82) is 0 Å². The van der Waals surface area contributed by atoms with Gasteiger partial charge in [0.2, 0.25) is 11.7 Å². The molecule has 0 saturated heterocycles.